The Morgan fingerprint density at radius 2 is 1.90 bits per heavy atom. The Bertz CT molecular complexity index is 727. The van der Waals surface area contributed by atoms with Gasteiger partial charge in [0.2, 0.25) is 5.91 Å². The topological polar surface area (TPSA) is 81.7 Å². The quantitative estimate of drug-likeness (QED) is 0.629. The molecule has 3 rings (SSSR count). The number of hydrogen-bond acceptors (Lipinski definition) is 3. The molecule has 6 heteroatoms. The fourth-order valence-electron chi connectivity index (χ4n) is 4.28. The van der Waals surface area contributed by atoms with Crippen LogP contribution in [0.3, 0.4) is 0 Å². The van der Waals surface area contributed by atoms with E-state index >= 15 is 0 Å². The van der Waals surface area contributed by atoms with Crippen molar-refractivity contribution >= 4 is 18.0 Å². The molecule has 1 aromatic rings. The molecule has 0 spiro atoms. The van der Waals surface area contributed by atoms with Crippen LogP contribution in [0.15, 0.2) is 30.3 Å². The molecule has 3 amide bonds. The van der Waals surface area contributed by atoms with Crippen molar-refractivity contribution in [1.82, 2.24) is 15.5 Å². The second-order valence-corrected chi connectivity index (χ2v) is 8.02. The van der Waals surface area contributed by atoms with Gasteiger partial charge in [-0.3, -0.25) is 4.79 Å². The minimum absolute atomic E-state index is 0.00581. The molecule has 0 aromatic heterocycles. The lowest BCUT2D eigenvalue weighted by molar-refractivity contribution is -0.128. The first kappa shape index (κ1) is 21.4. The van der Waals surface area contributed by atoms with E-state index in [-0.39, 0.29) is 42.5 Å². The van der Waals surface area contributed by atoms with Crippen molar-refractivity contribution in [2.75, 3.05) is 19.7 Å². The van der Waals surface area contributed by atoms with E-state index in [1.807, 2.05) is 38.1 Å². The Kier molecular flexibility index (Phi) is 7.31. The maximum atomic E-state index is 12.7. The number of aliphatic hydroxyl groups excluding tert-OH is 1. The first-order valence-corrected chi connectivity index (χ1v) is 10.8. The third kappa shape index (κ3) is 4.64. The van der Waals surface area contributed by atoms with Crippen molar-refractivity contribution in [3.05, 3.63) is 41.5 Å². The summed E-state index contributed by atoms with van der Waals surface area (Å²) in [5.41, 5.74) is 2.20. The second kappa shape index (κ2) is 9.92. The van der Waals surface area contributed by atoms with Crippen molar-refractivity contribution in [3.63, 3.8) is 0 Å². The largest absolute Gasteiger partial charge is 0.394 e. The first-order chi connectivity index (χ1) is 14.1. The summed E-state index contributed by atoms with van der Waals surface area (Å²) in [5.74, 6) is 0.193. The Balaban J connectivity index is 1.76. The molecule has 0 bridgehead atoms. The van der Waals surface area contributed by atoms with Crippen LogP contribution in [-0.2, 0) is 4.79 Å². The van der Waals surface area contributed by atoms with E-state index < -0.39 is 0 Å². The zero-order valence-electron chi connectivity index (χ0n) is 17.4. The molecule has 0 unspecified atom stereocenters. The van der Waals surface area contributed by atoms with Gasteiger partial charge in [0.1, 0.15) is 0 Å². The van der Waals surface area contributed by atoms with Crippen LogP contribution >= 0.6 is 0 Å². The van der Waals surface area contributed by atoms with Crippen molar-refractivity contribution in [2.45, 2.75) is 57.5 Å². The minimum atomic E-state index is -0.287. The molecule has 2 fully saturated rings. The summed E-state index contributed by atoms with van der Waals surface area (Å²) in [6.45, 7) is 4.89. The lowest BCUT2D eigenvalue weighted by Crippen LogP contribution is -2.70. The molecule has 158 valence electrons. The van der Waals surface area contributed by atoms with Crippen molar-refractivity contribution in [2.24, 2.45) is 5.92 Å². The zero-order valence-corrected chi connectivity index (χ0v) is 17.4. The normalized spacial score (nSPS) is 24.1. The molecule has 3 N–H and O–H groups in total. The van der Waals surface area contributed by atoms with Gasteiger partial charge in [-0.25, -0.2) is 4.79 Å². The molecule has 1 aromatic carbocycles. The van der Waals surface area contributed by atoms with Crippen LogP contribution in [0.2, 0.25) is 0 Å². The molecular weight excluding hydrogens is 366 g/mol. The monoisotopic (exact) mass is 399 g/mol. The van der Waals surface area contributed by atoms with Crippen LogP contribution in [0.1, 0.15) is 56.6 Å². The van der Waals surface area contributed by atoms with Crippen molar-refractivity contribution in [1.29, 1.82) is 0 Å². The maximum Gasteiger partial charge on any atom is 0.318 e. The number of hydrogen-bond donors (Lipinski definition) is 3. The average molecular weight is 400 g/mol. The molecule has 1 saturated heterocycles. The SMILES string of the molecule is C/C=C/c1ccc([C@@H]2[C@@H](CNC(=O)C3CCC3)N(C(=O)NCCC)[C@H]2CO)cc1. The van der Waals surface area contributed by atoms with Crippen molar-refractivity contribution < 1.29 is 14.7 Å². The molecule has 6 nitrogen and oxygen atoms in total. The number of nitrogens with one attached hydrogen (secondary N) is 2. The van der Waals surface area contributed by atoms with E-state index in [0.717, 1.165) is 36.8 Å². The van der Waals surface area contributed by atoms with E-state index in [0.29, 0.717) is 13.1 Å². The summed E-state index contributed by atoms with van der Waals surface area (Å²) >= 11 is 0. The Labute approximate surface area is 173 Å². The maximum absolute atomic E-state index is 12.7. The smallest absolute Gasteiger partial charge is 0.318 e. The minimum Gasteiger partial charge on any atom is -0.394 e. The van der Waals surface area contributed by atoms with Crippen LogP contribution in [0, 0.1) is 5.92 Å². The Morgan fingerprint density at radius 1 is 1.17 bits per heavy atom. The van der Waals surface area contributed by atoms with Gasteiger partial charge in [-0.15, -0.1) is 0 Å². The number of carbonyl (C=O) groups excluding carboxylic acids is 2. The predicted octanol–water partition coefficient (Wildman–Crippen LogP) is 2.88. The molecule has 29 heavy (non-hydrogen) atoms. The van der Waals surface area contributed by atoms with Gasteiger partial charge in [0.15, 0.2) is 0 Å². The number of likely N-dealkylation sites (tertiary alicyclic amines) is 1. The molecular formula is C23H33N3O3. The van der Waals surface area contributed by atoms with Gasteiger partial charge in [-0.05, 0) is 37.3 Å². The summed E-state index contributed by atoms with van der Waals surface area (Å²) in [7, 11) is 0. The van der Waals surface area contributed by atoms with Gasteiger partial charge in [0, 0.05) is 24.9 Å². The summed E-state index contributed by atoms with van der Waals surface area (Å²) in [6.07, 6.45) is 7.89. The second-order valence-electron chi connectivity index (χ2n) is 8.02. The van der Waals surface area contributed by atoms with E-state index in [1.165, 1.54) is 0 Å². The van der Waals surface area contributed by atoms with Crippen LogP contribution < -0.4 is 10.6 Å². The highest BCUT2D eigenvalue weighted by Gasteiger charge is 2.51. The predicted molar refractivity (Wildman–Crippen MR) is 114 cm³/mol. The summed E-state index contributed by atoms with van der Waals surface area (Å²) in [6, 6.07) is 7.59. The lowest BCUT2D eigenvalue weighted by Gasteiger charge is -2.54. The number of carbonyl (C=O) groups is 2. The molecule has 0 radical (unpaired) electrons. The third-order valence-electron chi connectivity index (χ3n) is 6.13. The molecule has 1 aliphatic heterocycles. The number of allylic oxidation sites excluding steroid dienone is 1. The van der Waals surface area contributed by atoms with E-state index in [1.54, 1.807) is 4.90 Å². The highest BCUT2D eigenvalue weighted by molar-refractivity contribution is 5.80. The number of aliphatic hydroxyl groups is 1. The van der Waals surface area contributed by atoms with Gasteiger partial charge in [0.05, 0.1) is 18.7 Å². The number of rotatable bonds is 8. The van der Waals surface area contributed by atoms with Gasteiger partial charge in [-0.2, -0.15) is 0 Å². The van der Waals surface area contributed by atoms with Gasteiger partial charge in [0.25, 0.3) is 0 Å². The standard InChI is InChI=1S/C23H33N3O3/c1-3-6-16-9-11-17(12-10-16)21-19(14-25-22(28)18-7-5-8-18)26(20(21)15-27)23(29)24-13-4-2/h3,6,9-12,18-21,27H,4-5,7-8,13-15H2,1-2H3,(H,24,29)(H,25,28)/b6-3+/t19-,20+,21-/m1/s1. The summed E-state index contributed by atoms with van der Waals surface area (Å²) < 4.78 is 0. The van der Waals surface area contributed by atoms with Gasteiger partial charge >= 0.3 is 6.03 Å². The van der Waals surface area contributed by atoms with E-state index in [9.17, 15) is 14.7 Å². The van der Waals surface area contributed by atoms with E-state index in [2.05, 4.69) is 22.8 Å². The third-order valence-corrected chi connectivity index (χ3v) is 6.13. The Hall–Kier alpha value is -2.34. The molecule has 1 saturated carbocycles. The lowest BCUT2D eigenvalue weighted by atomic mass is 9.75. The zero-order chi connectivity index (χ0) is 20.8. The fraction of sp³-hybridized carbons (Fsp3) is 0.565. The van der Waals surface area contributed by atoms with Gasteiger partial charge in [-0.1, -0.05) is 49.8 Å². The number of amides is 3. The van der Waals surface area contributed by atoms with Crippen LogP contribution in [-0.4, -0.2) is 53.7 Å². The summed E-state index contributed by atoms with van der Waals surface area (Å²) in [5, 5.41) is 16.0. The number of urea groups is 1. The van der Waals surface area contributed by atoms with E-state index in [4.69, 9.17) is 0 Å². The van der Waals surface area contributed by atoms with Gasteiger partial charge < -0.3 is 20.6 Å². The molecule has 1 heterocycles. The van der Waals surface area contributed by atoms with Crippen LogP contribution in [0.25, 0.3) is 6.08 Å². The van der Waals surface area contributed by atoms with Crippen LogP contribution in [0.4, 0.5) is 4.79 Å². The Morgan fingerprint density at radius 3 is 2.45 bits per heavy atom. The molecule has 3 atom stereocenters. The van der Waals surface area contributed by atoms with Crippen molar-refractivity contribution in [3.8, 4) is 0 Å². The highest BCUT2D eigenvalue weighted by Crippen LogP contribution is 2.40. The number of benzene rings is 1. The fourth-order valence-corrected chi connectivity index (χ4v) is 4.28. The summed E-state index contributed by atoms with van der Waals surface area (Å²) in [4.78, 5) is 26.8. The number of nitrogens with zero attached hydrogens (tertiary/aromatic N) is 1. The van der Waals surface area contributed by atoms with Crippen LogP contribution in [0.5, 0.6) is 0 Å². The first-order valence-electron chi connectivity index (χ1n) is 10.8. The highest BCUT2D eigenvalue weighted by atomic mass is 16.3. The molecule has 2 aliphatic rings. The molecule has 1 aliphatic carbocycles. The average Bonchev–Trinajstić information content (AvgIpc) is 2.66.